The number of rotatable bonds is 11. The Balaban J connectivity index is 1.13. The number of carbonyl (C=O) groups excluding carboxylic acids is 2. The Morgan fingerprint density at radius 2 is 1.16 bits per heavy atom. The van der Waals surface area contributed by atoms with Crippen LogP contribution in [0.5, 0.6) is 11.5 Å². The predicted octanol–water partition coefficient (Wildman–Crippen LogP) is 7.34. The first-order valence-corrected chi connectivity index (χ1v) is 15.5. The molecule has 0 aromatic heterocycles. The summed E-state index contributed by atoms with van der Waals surface area (Å²) < 4.78 is 6.89. The van der Waals surface area contributed by atoms with Gasteiger partial charge in [-0.05, 0) is 105 Å². The number of aliphatic carboxylic acids is 1. The van der Waals surface area contributed by atoms with Crippen molar-refractivity contribution < 1.29 is 24.2 Å². The van der Waals surface area contributed by atoms with Crippen LogP contribution in [0.3, 0.4) is 0 Å². The van der Waals surface area contributed by atoms with Crippen molar-refractivity contribution in [2.45, 2.75) is 19.5 Å². The third-order valence-electron chi connectivity index (χ3n) is 7.17. The predicted molar refractivity (Wildman–Crippen MR) is 182 cm³/mol. The molecular weight excluding hydrogens is 679 g/mol. The fraction of sp³-hybridized carbons (Fsp3) is 0.108. The topological polar surface area (TPSA) is 95.9 Å². The summed E-state index contributed by atoms with van der Waals surface area (Å²) in [6, 6.07) is 40.1. The molecule has 8 heteroatoms. The maximum Gasteiger partial charge on any atom is 0.394 e. The van der Waals surface area contributed by atoms with Crippen LogP contribution in [0.25, 0.3) is 11.1 Å². The number of nitrogens with zero attached hydrogens (tertiary/aromatic N) is 1. The summed E-state index contributed by atoms with van der Waals surface area (Å²) >= 11 is 2.20. The van der Waals surface area contributed by atoms with E-state index in [0.717, 1.165) is 42.9 Å². The molecule has 7 nitrogen and oxygen atoms in total. The van der Waals surface area contributed by atoms with E-state index < -0.39 is 11.9 Å². The van der Waals surface area contributed by atoms with Gasteiger partial charge in [0.1, 0.15) is 11.5 Å². The highest BCUT2D eigenvalue weighted by Crippen LogP contribution is 2.23. The largest absolute Gasteiger partial charge is 0.474 e. The number of hydrogen-bond donors (Lipinski definition) is 2. The summed E-state index contributed by atoms with van der Waals surface area (Å²) in [6.07, 6.45) is 0.696. The van der Waals surface area contributed by atoms with Crippen LogP contribution < -0.4 is 10.1 Å². The van der Waals surface area contributed by atoms with Crippen LogP contribution in [-0.2, 0) is 29.1 Å². The zero-order chi connectivity index (χ0) is 31.6. The second kappa shape index (κ2) is 15.2. The van der Waals surface area contributed by atoms with E-state index >= 15 is 0 Å². The lowest BCUT2D eigenvalue weighted by molar-refractivity contribution is -0.156. The molecule has 0 unspecified atom stereocenters. The summed E-state index contributed by atoms with van der Waals surface area (Å²) in [7, 11) is 0. The maximum atomic E-state index is 12.7. The van der Waals surface area contributed by atoms with Gasteiger partial charge in [0.05, 0.1) is 0 Å². The highest BCUT2D eigenvalue weighted by atomic mass is 127. The fourth-order valence-corrected chi connectivity index (χ4v) is 5.11. The summed E-state index contributed by atoms with van der Waals surface area (Å²) in [4.78, 5) is 37.9. The molecule has 5 rings (SSSR count). The minimum absolute atomic E-state index is 0.141. The highest BCUT2D eigenvalue weighted by molar-refractivity contribution is 14.1. The smallest absolute Gasteiger partial charge is 0.394 e. The van der Waals surface area contributed by atoms with E-state index in [4.69, 9.17) is 4.74 Å². The van der Waals surface area contributed by atoms with Gasteiger partial charge in [-0.3, -0.25) is 9.59 Å². The Labute approximate surface area is 275 Å². The Morgan fingerprint density at radius 3 is 1.73 bits per heavy atom. The van der Waals surface area contributed by atoms with Gasteiger partial charge >= 0.3 is 11.9 Å². The molecule has 0 bridgehead atoms. The first-order chi connectivity index (χ1) is 21.8. The fourth-order valence-electron chi connectivity index (χ4n) is 4.75. The van der Waals surface area contributed by atoms with Gasteiger partial charge in [0.15, 0.2) is 0 Å². The lowest BCUT2D eigenvalue weighted by atomic mass is 10.0. The Kier molecular flexibility index (Phi) is 10.6. The zero-order valence-electron chi connectivity index (χ0n) is 24.4. The van der Waals surface area contributed by atoms with E-state index in [1.165, 1.54) is 4.90 Å². The van der Waals surface area contributed by atoms with Gasteiger partial charge in [-0.15, -0.1) is 0 Å². The van der Waals surface area contributed by atoms with E-state index in [2.05, 4.69) is 27.9 Å². The third kappa shape index (κ3) is 9.02. The van der Waals surface area contributed by atoms with Crippen molar-refractivity contribution in [1.29, 1.82) is 0 Å². The minimum atomic E-state index is -1.48. The van der Waals surface area contributed by atoms with E-state index in [-0.39, 0.29) is 19.0 Å². The van der Waals surface area contributed by atoms with E-state index in [0.29, 0.717) is 18.5 Å². The lowest BCUT2D eigenvalue weighted by Crippen LogP contribution is -2.35. The van der Waals surface area contributed by atoms with Crippen LogP contribution in [0.1, 0.15) is 27.0 Å². The van der Waals surface area contributed by atoms with Gasteiger partial charge in [-0.2, -0.15) is 0 Å². The molecule has 0 radical (unpaired) electrons. The van der Waals surface area contributed by atoms with E-state index in [9.17, 15) is 19.5 Å². The van der Waals surface area contributed by atoms with Gasteiger partial charge < -0.3 is 20.1 Å². The zero-order valence-corrected chi connectivity index (χ0v) is 26.5. The number of amides is 2. The molecule has 226 valence electrons. The molecule has 0 aliphatic carbocycles. The van der Waals surface area contributed by atoms with Crippen molar-refractivity contribution in [3.8, 4) is 22.6 Å². The molecule has 5 aromatic carbocycles. The van der Waals surface area contributed by atoms with Gasteiger partial charge in [0.25, 0.3) is 5.91 Å². The lowest BCUT2D eigenvalue weighted by Gasteiger charge is -2.21. The van der Waals surface area contributed by atoms with Crippen molar-refractivity contribution in [1.82, 2.24) is 10.2 Å². The third-order valence-corrected chi connectivity index (χ3v) is 7.89. The average Bonchev–Trinajstić information content (AvgIpc) is 3.06. The molecule has 0 atom stereocenters. The van der Waals surface area contributed by atoms with Crippen molar-refractivity contribution in [2.24, 2.45) is 0 Å². The summed E-state index contributed by atoms with van der Waals surface area (Å²) in [6.45, 7) is 0.872. The summed E-state index contributed by atoms with van der Waals surface area (Å²) in [5.41, 5.74) is 5.22. The molecular formula is C37H31IN2O5. The Morgan fingerprint density at radius 1 is 0.644 bits per heavy atom. The van der Waals surface area contributed by atoms with E-state index in [1.54, 1.807) is 12.1 Å². The second-order valence-corrected chi connectivity index (χ2v) is 11.7. The molecule has 45 heavy (non-hydrogen) atoms. The molecule has 2 N–H and O–H groups in total. The van der Waals surface area contributed by atoms with Crippen LogP contribution in [-0.4, -0.2) is 34.3 Å². The SMILES string of the molecule is O=C(O)C(=O)N(Cc1ccc(I)cc1)Cc1ccc(-c2ccc(C(=O)NCCc3ccc(Oc4ccccc4)cc3)cc2)cc1. The number of benzene rings is 5. The van der Waals surface area contributed by atoms with Crippen LogP contribution in [0.2, 0.25) is 0 Å². The number of nitrogens with one attached hydrogen (secondary N) is 1. The monoisotopic (exact) mass is 710 g/mol. The van der Waals surface area contributed by atoms with E-state index in [1.807, 2.05) is 115 Å². The van der Waals surface area contributed by atoms with Crippen molar-refractivity contribution in [2.75, 3.05) is 6.54 Å². The maximum absolute atomic E-state index is 12.7. The number of carboxylic acid groups (broad SMARTS) is 1. The summed E-state index contributed by atoms with van der Waals surface area (Å²) in [5.74, 6) is -1.02. The number of carbonyl (C=O) groups is 3. The molecule has 2 amide bonds. The molecule has 5 aromatic rings. The number of ether oxygens (including phenoxy) is 1. The minimum Gasteiger partial charge on any atom is -0.474 e. The van der Waals surface area contributed by atoms with Gasteiger partial charge in [-0.25, -0.2) is 4.79 Å². The Hall–Kier alpha value is -4.96. The molecule has 0 aliphatic rings. The Bertz CT molecular complexity index is 1740. The quantitative estimate of drug-likeness (QED) is 0.111. The number of para-hydroxylation sites is 1. The van der Waals surface area contributed by atoms with Crippen molar-refractivity contribution in [3.63, 3.8) is 0 Å². The van der Waals surface area contributed by atoms with Gasteiger partial charge in [0, 0.05) is 28.8 Å². The molecule has 0 aliphatic heterocycles. The molecule has 0 heterocycles. The van der Waals surface area contributed by atoms with Crippen LogP contribution in [0.4, 0.5) is 0 Å². The normalized spacial score (nSPS) is 10.6. The molecule has 0 fully saturated rings. The van der Waals surface area contributed by atoms with Gasteiger partial charge in [-0.1, -0.05) is 78.9 Å². The second-order valence-electron chi connectivity index (χ2n) is 10.4. The summed E-state index contributed by atoms with van der Waals surface area (Å²) in [5, 5.41) is 12.3. The number of carboxylic acids is 1. The average molecular weight is 711 g/mol. The van der Waals surface area contributed by atoms with Crippen LogP contribution >= 0.6 is 22.6 Å². The van der Waals surface area contributed by atoms with Crippen LogP contribution in [0, 0.1) is 3.57 Å². The van der Waals surface area contributed by atoms with Gasteiger partial charge in [0.2, 0.25) is 0 Å². The van der Waals surface area contributed by atoms with Crippen molar-refractivity contribution in [3.05, 3.63) is 153 Å². The van der Waals surface area contributed by atoms with Crippen LogP contribution in [0.15, 0.2) is 127 Å². The number of halogens is 1. The first kappa shape index (κ1) is 31.5. The standard InChI is InChI=1S/C37H31IN2O5/c38-32-18-8-28(9-19-32)25-40(36(42)37(43)44)24-27-6-12-29(13-7-27)30-14-16-31(17-15-30)35(41)39-23-22-26-10-20-34(21-11-26)45-33-4-2-1-3-5-33/h1-21H,22-25H2,(H,39,41)(H,43,44). The highest BCUT2D eigenvalue weighted by Gasteiger charge is 2.21. The first-order valence-electron chi connectivity index (χ1n) is 14.4. The number of hydrogen-bond acceptors (Lipinski definition) is 4. The molecule has 0 saturated heterocycles. The van der Waals surface area contributed by atoms with Crippen molar-refractivity contribution >= 4 is 40.4 Å². The molecule has 0 saturated carbocycles. The molecule has 0 spiro atoms.